The standard InChI is InChI=1S/C11H9BrFNO3/c12-7-2-1-5(9(14)8(7)13)10(15)6-3-4-17-11(6)16/h1-2,6H,3-4,14H2. The van der Waals surface area contributed by atoms with E-state index >= 15 is 0 Å². The fourth-order valence-corrected chi connectivity index (χ4v) is 2.05. The lowest BCUT2D eigenvalue weighted by Gasteiger charge is -2.09. The molecule has 0 aromatic heterocycles. The molecular formula is C11H9BrFNO3. The Balaban J connectivity index is 2.38. The molecule has 0 bridgehead atoms. The summed E-state index contributed by atoms with van der Waals surface area (Å²) in [4.78, 5) is 23.2. The molecule has 0 spiro atoms. The van der Waals surface area contributed by atoms with Gasteiger partial charge in [0.1, 0.15) is 5.92 Å². The molecule has 1 unspecified atom stereocenters. The van der Waals surface area contributed by atoms with Gasteiger partial charge in [0.15, 0.2) is 11.6 Å². The first-order valence-electron chi connectivity index (χ1n) is 4.96. The molecule has 1 fully saturated rings. The second-order valence-corrected chi connectivity index (χ2v) is 4.55. The van der Waals surface area contributed by atoms with E-state index in [1.165, 1.54) is 12.1 Å². The summed E-state index contributed by atoms with van der Waals surface area (Å²) in [6.07, 6.45) is 0.314. The van der Waals surface area contributed by atoms with E-state index in [9.17, 15) is 14.0 Å². The van der Waals surface area contributed by atoms with Crippen LogP contribution in [0.1, 0.15) is 16.8 Å². The maximum atomic E-state index is 13.5. The maximum Gasteiger partial charge on any atom is 0.316 e. The first-order chi connectivity index (χ1) is 8.02. The highest BCUT2D eigenvalue weighted by Gasteiger charge is 2.35. The number of halogens is 2. The Hall–Kier alpha value is -1.43. The Morgan fingerprint density at radius 1 is 1.53 bits per heavy atom. The minimum Gasteiger partial charge on any atom is -0.465 e. The predicted octanol–water partition coefficient (Wildman–Crippen LogP) is 1.92. The van der Waals surface area contributed by atoms with Crippen molar-refractivity contribution in [2.24, 2.45) is 5.92 Å². The second kappa shape index (κ2) is 4.44. The summed E-state index contributed by atoms with van der Waals surface area (Å²) in [7, 11) is 0. The third-order valence-electron chi connectivity index (χ3n) is 2.65. The van der Waals surface area contributed by atoms with Crippen LogP contribution < -0.4 is 5.73 Å². The lowest BCUT2D eigenvalue weighted by atomic mass is 9.95. The number of Topliss-reactive ketones (excluding diaryl/α,β-unsaturated/α-hetero) is 1. The minimum atomic E-state index is -0.863. The number of carbonyl (C=O) groups is 2. The molecule has 17 heavy (non-hydrogen) atoms. The zero-order valence-corrected chi connectivity index (χ0v) is 10.3. The summed E-state index contributed by atoms with van der Waals surface area (Å²) in [5.74, 6) is -2.62. The normalized spacial score (nSPS) is 19.2. The summed E-state index contributed by atoms with van der Waals surface area (Å²) in [6.45, 7) is 0.216. The van der Waals surface area contributed by atoms with Crippen LogP contribution in [0, 0.1) is 11.7 Å². The van der Waals surface area contributed by atoms with Gasteiger partial charge in [0, 0.05) is 12.0 Å². The largest absolute Gasteiger partial charge is 0.465 e. The number of ether oxygens (including phenoxy) is 1. The van der Waals surface area contributed by atoms with Crippen molar-refractivity contribution in [2.75, 3.05) is 12.3 Å². The van der Waals surface area contributed by atoms with E-state index in [0.29, 0.717) is 6.42 Å². The van der Waals surface area contributed by atoms with E-state index in [2.05, 4.69) is 15.9 Å². The summed E-state index contributed by atoms with van der Waals surface area (Å²) in [5.41, 5.74) is 5.30. The number of carbonyl (C=O) groups excluding carboxylic acids is 2. The number of anilines is 1. The van der Waals surface area contributed by atoms with Crippen molar-refractivity contribution in [1.29, 1.82) is 0 Å². The zero-order chi connectivity index (χ0) is 12.6. The van der Waals surface area contributed by atoms with Gasteiger partial charge in [-0.1, -0.05) is 0 Å². The van der Waals surface area contributed by atoms with Gasteiger partial charge >= 0.3 is 5.97 Å². The van der Waals surface area contributed by atoms with Crippen LogP contribution in [-0.2, 0) is 9.53 Å². The van der Waals surface area contributed by atoms with Crippen molar-refractivity contribution in [3.05, 3.63) is 28.0 Å². The van der Waals surface area contributed by atoms with Crippen molar-refractivity contribution < 1.29 is 18.7 Å². The lowest BCUT2D eigenvalue weighted by molar-refractivity contribution is -0.140. The van der Waals surface area contributed by atoms with Gasteiger partial charge in [-0.25, -0.2) is 4.39 Å². The van der Waals surface area contributed by atoms with Gasteiger partial charge in [-0.3, -0.25) is 9.59 Å². The Morgan fingerprint density at radius 2 is 2.24 bits per heavy atom. The Morgan fingerprint density at radius 3 is 2.82 bits per heavy atom. The van der Waals surface area contributed by atoms with Crippen molar-refractivity contribution >= 4 is 33.4 Å². The van der Waals surface area contributed by atoms with Crippen LogP contribution in [0.15, 0.2) is 16.6 Å². The molecule has 1 atom stereocenters. The van der Waals surface area contributed by atoms with E-state index in [1.54, 1.807) is 0 Å². The van der Waals surface area contributed by atoms with E-state index in [1.807, 2.05) is 0 Å². The van der Waals surface area contributed by atoms with Gasteiger partial charge in [0.25, 0.3) is 0 Å². The minimum absolute atomic E-state index is 0.0227. The number of ketones is 1. The van der Waals surface area contributed by atoms with Crippen LogP contribution >= 0.6 is 15.9 Å². The molecule has 1 aliphatic rings. The smallest absolute Gasteiger partial charge is 0.316 e. The quantitative estimate of drug-likeness (QED) is 0.392. The molecule has 90 valence electrons. The van der Waals surface area contributed by atoms with Crippen molar-refractivity contribution in [3.8, 4) is 0 Å². The first kappa shape index (κ1) is 12.0. The summed E-state index contributed by atoms with van der Waals surface area (Å²) >= 11 is 2.97. The molecule has 2 N–H and O–H groups in total. The van der Waals surface area contributed by atoms with Crippen molar-refractivity contribution in [3.63, 3.8) is 0 Å². The molecule has 4 nitrogen and oxygen atoms in total. The molecule has 0 aliphatic carbocycles. The predicted molar refractivity (Wildman–Crippen MR) is 61.9 cm³/mol. The van der Waals surface area contributed by atoms with Crippen LogP contribution in [0.25, 0.3) is 0 Å². The fraction of sp³-hybridized carbons (Fsp3) is 0.273. The van der Waals surface area contributed by atoms with E-state index in [0.717, 1.165) is 0 Å². The van der Waals surface area contributed by atoms with Crippen LogP contribution in [0.5, 0.6) is 0 Å². The number of hydrogen-bond acceptors (Lipinski definition) is 4. The van der Waals surface area contributed by atoms with Crippen LogP contribution in [-0.4, -0.2) is 18.4 Å². The number of hydrogen-bond donors (Lipinski definition) is 1. The molecule has 1 aromatic rings. The molecule has 6 heteroatoms. The van der Waals surface area contributed by atoms with Crippen molar-refractivity contribution in [1.82, 2.24) is 0 Å². The van der Waals surface area contributed by atoms with E-state index in [-0.39, 0.29) is 22.3 Å². The number of benzene rings is 1. The number of cyclic esters (lactones) is 1. The Labute approximate surface area is 105 Å². The highest BCUT2D eigenvalue weighted by Crippen LogP contribution is 2.28. The number of nitrogen functional groups attached to an aromatic ring is 1. The number of rotatable bonds is 2. The van der Waals surface area contributed by atoms with Gasteiger partial charge in [-0.15, -0.1) is 0 Å². The first-order valence-corrected chi connectivity index (χ1v) is 5.76. The molecule has 2 rings (SSSR count). The van der Waals surface area contributed by atoms with E-state index in [4.69, 9.17) is 10.5 Å². The lowest BCUT2D eigenvalue weighted by Crippen LogP contribution is -2.21. The Bertz CT molecular complexity index is 504. The monoisotopic (exact) mass is 301 g/mol. The SMILES string of the molecule is Nc1c(C(=O)C2CCOC2=O)ccc(Br)c1F. The summed E-state index contributed by atoms with van der Waals surface area (Å²) < 4.78 is 18.4. The highest BCUT2D eigenvalue weighted by atomic mass is 79.9. The maximum absolute atomic E-state index is 13.5. The van der Waals surface area contributed by atoms with Crippen LogP contribution in [0.4, 0.5) is 10.1 Å². The summed E-state index contributed by atoms with van der Waals surface area (Å²) in [6, 6.07) is 2.79. The van der Waals surface area contributed by atoms with Crippen molar-refractivity contribution in [2.45, 2.75) is 6.42 Å². The molecule has 1 saturated heterocycles. The fourth-order valence-electron chi connectivity index (χ4n) is 1.70. The van der Waals surface area contributed by atoms with Gasteiger partial charge < -0.3 is 10.5 Å². The van der Waals surface area contributed by atoms with Crippen LogP contribution in [0.3, 0.4) is 0 Å². The zero-order valence-electron chi connectivity index (χ0n) is 8.70. The molecule has 1 aliphatic heterocycles. The molecule has 1 heterocycles. The van der Waals surface area contributed by atoms with Gasteiger partial charge in [0.05, 0.1) is 16.8 Å². The summed E-state index contributed by atoms with van der Waals surface area (Å²) in [5, 5.41) is 0. The van der Waals surface area contributed by atoms with Crippen LogP contribution in [0.2, 0.25) is 0 Å². The average molecular weight is 302 g/mol. The topological polar surface area (TPSA) is 69.4 Å². The van der Waals surface area contributed by atoms with Gasteiger partial charge in [-0.05, 0) is 28.1 Å². The second-order valence-electron chi connectivity index (χ2n) is 3.70. The third kappa shape index (κ3) is 2.04. The van der Waals surface area contributed by atoms with E-state index < -0.39 is 23.5 Å². The van der Waals surface area contributed by atoms with Gasteiger partial charge in [-0.2, -0.15) is 0 Å². The molecule has 0 amide bonds. The Kier molecular flexibility index (Phi) is 3.15. The molecule has 0 saturated carbocycles. The van der Waals surface area contributed by atoms with Gasteiger partial charge in [0.2, 0.25) is 0 Å². The molecular weight excluding hydrogens is 293 g/mol. The molecule has 1 aromatic carbocycles. The number of nitrogens with two attached hydrogens (primary N) is 1. The molecule has 0 radical (unpaired) electrons. The number of esters is 1. The highest BCUT2D eigenvalue weighted by molar-refractivity contribution is 9.10. The average Bonchev–Trinajstić information content (AvgIpc) is 2.72. The third-order valence-corrected chi connectivity index (χ3v) is 3.26.